The summed E-state index contributed by atoms with van der Waals surface area (Å²) in [5, 5.41) is 7.71. The standard InChI is InChI=1S/C18H22N2O2/c1-2-3-7-13-21-17-15(18(19)20)11-8-12-16(17)22-14-9-5-4-6-10-14/h4-6,8-12H,2-3,7,13H2,1H3,(H3,19,20). The molecule has 0 unspecified atom stereocenters. The van der Waals surface area contributed by atoms with Crippen LogP contribution in [-0.2, 0) is 0 Å². The van der Waals surface area contributed by atoms with Crippen LogP contribution in [0.15, 0.2) is 48.5 Å². The van der Waals surface area contributed by atoms with Crippen molar-refractivity contribution in [2.45, 2.75) is 26.2 Å². The van der Waals surface area contributed by atoms with Gasteiger partial charge in [-0.1, -0.05) is 44.0 Å². The quantitative estimate of drug-likeness (QED) is 0.433. The van der Waals surface area contributed by atoms with E-state index in [1.807, 2.05) is 42.5 Å². The molecule has 0 aromatic heterocycles. The molecule has 4 nitrogen and oxygen atoms in total. The summed E-state index contributed by atoms with van der Waals surface area (Å²) in [7, 11) is 0. The van der Waals surface area contributed by atoms with Crippen LogP contribution in [0.3, 0.4) is 0 Å². The Balaban J connectivity index is 2.23. The van der Waals surface area contributed by atoms with Gasteiger partial charge in [-0.25, -0.2) is 0 Å². The average Bonchev–Trinajstić information content (AvgIpc) is 2.53. The number of ether oxygens (including phenoxy) is 2. The lowest BCUT2D eigenvalue weighted by molar-refractivity contribution is 0.292. The lowest BCUT2D eigenvalue weighted by atomic mass is 10.1. The molecule has 0 amide bonds. The fourth-order valence-corrected chi connectivity index (χ4v) is 2.10. The van der Waals surface area contributed by atoms with Crippen LogP contribution >= 0.6 is 0 Å². The Morgan fingerprint density at radius 1 is 1.05 bits per heavy atom. The number of amidine groups is 1. The Labute approximate surface area is 131 Å². The van der Waals surface area contributed by atoms with Gasteiger partial charge in [-0.2, -0.15) is 0 Å². The topological polar surface area (TPSA) is 68.3 Å². The van der Waals surface area contributed by atoms with Gasteiger partial charge in [0.1, 0.15) is 11.6 Å². The van der Waals surface area contributed by atoms with Crippen molar-refractivity contribution in [2.75, 3.05) is 6.61 Å². The monoisotopic (exact) mass is 298 g/mol. The van der Waals surface area contributed by atoms with Crippen LogP contribution in [-0.4, -0.2) is 12.4 Å². The summed E-state index contributed by atoms with van der Waals surface area (Å²) in [5.41, 5.74) is 6.22. The minimum absolute atomic E-state index is 0.0241. The second-order valence-corrected chi connectivity index (χ2v) is 5.02. The van der Waals surface area contributed by atoms with Gasteiger partial charge in [-0.05, 0) is 30.7 Å². The summed E-state index contributed by atoms with van der Waals surface area (Å²) in [4.78, 5) is 0. The third-order valence-corrected chi connectivity index (χ3v) is 3.23. The molecule has 0 saturated carbocycles. The van der Waals surface area contributed by atoms with E-state index in [1.165, 1.54) is 0 Å². The number of unbranched alkanes of at least 4 members (excludes halogenated alkanes) is 2. The molecule has 0 atom stereocenters. The van der Waals surface area contributed by atoms with Gasteiger partial charge in [-0.15, -0.1) is 0 Å². The van der Waals surface area contributed by atoms with Crippen LogP contribution in [0.4, 0.5) is 0 Å². The molecule has 0 radical (unpaired) electrons. The van der Waals surface area contributed by atoms with Gasteiger partial charge in [0.15, 0.2) is 11.5 Å². The number of nitrogens with two attached hydrogens (primary N) is 1. The summed E-state index contributed by atoms with van der Waals surface area (Å²) in [5.74, 6) is 1.82. The van der Waals surface area contributed by atoms with Crippen molar-refractivity contribution in [1.82, 2.24) is 0 Å². The molecule has 0 spiro atoms. The third kappa shape index (κ3) is 4.25. The molecular formula is C18H22N2O2. The van der Waals surface area contributed by atoms with Crippen molar-refractivity contribution in [1.29, 1.82) is 5.41 Å². The number of rotatable bonds is 8. The normalized spacial score (nSPS) is 10.2. The Hall–Kier alpha value is -2.49. The molecule has 0 aliphatic heterocycles. The van der Waals surface area contributed by atoms with E-state index in [9.17, 15) is 0 Å². The van der Waals surface area contributed by atoms with Gasteiger partial charge in [0.05, 0.1) is 12.2 Å². The molecule has 0 fully saturated rings. The molecule has 3 N–H and O–H groups in total. The van der Waals surface area contributed by atoms with Gasteiger partial charge in [0, 0.05) is 0 Å². The Morgan fingerprint density at radius 2 is 1.82 bits per heavy atom. The first-order valence-electron chi connectivity index (χ1n) is 7.55. The molecule has 0 bridgehead atoms. The maximum atomic E-state index is 7.71. The van der Waals surface area contributed by atoms with E-state index >= 15 is 0 Å². The third-order valence-electron chi connectivity index (χ3n) is 3.23. The van der Waals surface area contributed by atoms with E-state index in [0.717, 1.165) is 25.0 Å². The molecule has 22 heavy (non-hydrogen) atoms. The molecule has 0 aliphatic rings. The number of benzene rings is 2. The van der Waals surface area contributed by atoms with Crippen molar-refractivity contribution < 1.29 is 9.47 Å². The Kier molecular flexibility index (Phi) is 5.83. The van der Waals surface area contributed by atoms with E-state index in [-0.39, 0.29) is 5.84 Å². The fourth-order valence-electron chi connectivity index (χ4n) is 2.10. The van der Waals surface area contributed by atoms with Crippen molar-refractivity contribution in [3.05, 3.63) is 54.1 Å². The maximum Gasteiger partial charge on any atom is 0.172 e. The highest BCUT2D eigenvalue weighted by Crippen LogP contribution is 2.34. The van der Waals surface area contributed by atoms with Gasteiger partial charge in [0.25, 0.3) is 0 Å². The zero-order valence-electron chi connectivity index (χ0n) is 12.8. The first-order valence-corrected chi connectivity index (χ1v) is 7.55. The van der Waals surface area contributed by atoms with Crippen LogP contribution in [0.25, 0.3) is 0 Å². The number of para-hydroxylation sites is 2. The van der Waals surface area contributed by atoms with E-state index in [2.05, 4.69) is 6.92 Å². The number of nitrogen functional groups attached to an aromatic ring is 1. The molecule has 2 aromatic carbocycles. The summed E-state index contributed by atoms with van der Waals surface area (Å²) in [6.45, 7) is 2.73. The fraction of sp³-hybridized carbons (Fsp3) is 0.278. The van der Waals surface area contributed by atoms with E-state index in [1.54, 1.807) is 6.07 Å². The minimum atomic E-state index is -0.0241. The van der Waals surface area contributed by atoms with Crippen molar-refractivity contribution in [3.63, 3.8) is 0 Å². The largest absolute Gasteiger partial charge is 0.489 e. The first-order chi connectivity index (χ1) is 10.7. The molecule has 2 aromatic rings. The van der Waals surface area contributed by atoms with Crippen molar-refractivity contribution in [2.24, 2.45) is 5.73 Å². The van der Waals surface area contributed by atoms with Crippen LogP contribution in [0.1, 0.15) is 31.7 Å². The predicted molar refractivity (Wildman–Crippen MR) is 89.0 cm³/mol. The zero-order chi connectivity index (χ0) is 15.8. The van der Waals surface area contributed by atoms with Crippen LogP contribution in [0, 0.1) is 5.41 Å². The lowest BCUT2D eigenvalue weighted by Gasteiger charge is -2.15. The molecular weight excluding hydrogens is 276 g/mol. The summed E-state index contributed by atoms with van der Waals surface area (Å²) in [6.07, 6.45) is 3.20. The van der Waals surface area contributed by atoms with E-state index < -0.39 is 0 Å². The number of hydrogen-bond acceptors (Lipinski definition) is 3. The highest BCUT2D eigenvalue weighted by molar-refractivity contribution is 5.98. The second-order valence-electron chi connectivity index (χ2n) is 5.02. The highest BCUT2D eigenvalue weighted by Gasteiger charge is 2.14. The smallest absolute Gasteiger partial charge is 0.172 e. The summed E-state index contributed by atoms with van der Waals surface area (Å²) in [6, 6.07) is 14.9. The zero-order valence-corrected chi connectivity index (χ0v) is 12.8. The van der Waals surface area contributed by atoms with Gasteiger partial charge in [0.2, 0.25) is 0 Å². The maximum absolute atomic E-state index is 7.71. The van der Waals surface area contributed by atoms with E-state index in [0.29, 0.717) is 23.7 Å². The molecule has 4 heteroatoms. The minimum Gasteiger partial charge on any atom is -0.489 e. The highest BCUT2D eigenvalue weighted by atomic mass is 16.5. The molecule has 0 aliphatic carbocycles. The van der Waals surface area contributed by atoms with Crippen molar-refractivity contribution >= 4 is 5.84 Å². The Morgan fingerprint density at radius 3 is 2.50 bits per heavy atom. The number of hydrogen-bond donors (Lipinski definition) is 2. The molecule has 0 heterocycles. The Bertz CT molecular complexity index is 612. The van der Waals surface area contributed by atoms with Gasteiger partial charge >= 0.3 is 0 Å². The summed E-state index contributed by atoms with van der Waals surface area (Å²) >= 11 is 0. The van der Waals surface area contributed by atoms with Crippen molar-refractivity contribution in [3.8, 4) is 17.2 Å². The van der Waals surface area contributed by atoms with Gasteiger partial charge in [-0.3, -0.25) is 5.41 Å². The predicted octanol–water partition coefficient (Wildman–Crippen LogP) is 4.33. The second kappa shape index (κ2) is 8.08. The van der Waals surface area contributed by atoms with Crippen LogP contribution in [0.5, 0.6) is 17.2 Å². The molecule has 0 saturated heterocycles. The summed E-state index contributed by atoms with van der Waals surface area (Å²) < 4.78 is 11.7. The molecule has 2 rings (SSSR count). The lowest BCUT2D eigenvalue weighted by Crippen LogP contribution is -2.14. The van der Waals surface area contributed by atoms with Gasteiger partial charge < -0.3 is 15.2 Å². The van der Waals surface area contributed by atoms with Crippen LogP contribution in [0.2, 0.25) is 0 Å². The van der Waals surface area contributed by atoms with E-state index in [4.69, 9.17) is 20.6 Å². The average molecular weight is 298 g/mol. The number of nitrogens with one attached hydrogen (secondary N) is 1. The first kappa shape index (κ1) is 15.9. The molecule has 116 valence electrons. The SMILES string of the molecule is CCCCCOc1c(Oc2ccccc2)cccc1C(=N)N. The van der Waals surface area contributed by atoms with Crippen LogP contribution < -0.4 is 15.2 Å².